The molecule has 1 aromatic rings. The van der Waals surface area contributed by atoms with E-state index in [2.05, 4.69) is 12.1 Å². The van der Waals surface area contributed by atoms with Crippen molar-refractivity contribution in [2.75, 3.05) is 19.4 Å². The van der Waals surface area contributed by atoms with E-state index in [4.69, 9.17) is 10.5 Å². The molecule has 0 aliphatic rings. The molecule has 0 atom stereocenters. The van der Waals surface area contributed by atoms with Gasteiger partial charge in [-0.25, -0.2) is 0 Å². The molecule has 72 valence electrons. The highest BCUT2D eigenvalue weighted by Crippen LogP contribution is 2.21. The number of thioether (sulfide) groups is 1. The number of hydrogen-bond donors (Lipinski definition) is 1. The predicted octanol–water partition coefficient (Wildman–Crippen LogP) is 2.14. The van der Waals surface area contributed by atoms with Crippen LogP contribution in [0.2, 0.25) is 0 Å². The zero-order valence-corrected chi connectivity index (χ0v) is 8.64. The van der Waals surface area contributed by atoms with Crippen molar-refractivity contribution < 1.29 is 4.74 Å². The van der Waals surface area contributed by atoms with Gasteiger partial charge in [-0.3, -0.25) is 0 Å². The maximum absolute atomic E-state index is 5.40. The fourth-order valence-corrected chi connectivity index (χ4v) is 1.82. The predicted molar refractivity (Wildman–Crippen MR) is 57.4 cm³/mol. The zero-order chi connectivity index (χ0) is 9.52. The molecule has 0 aromatic heterocycles. The van der Waals surface area contributed by atoms with E-state index in [9.17, 15) is 0 Å². The zero-order valence-electron chi connectivity index (χ0n) is 7.82. The number of ether oxygens (including phenoxy) is 1. The van der Waals surface area contributed by atoms with E-state index in [-0.39, 0.29) is 0 Å². The van der Waals surface area contributed by atoms with E-state index in [1.165, 1.54) is 4.90 Å². The summed E-state index contributed by atoms with van der Waals surface area (Å²) in [6.45, 7) is 0.767. The van der Waals surface area contributed by atoms with Crippen molar-refractivity contribution in [3.63, 3.8) is 0 Å². The Labute approximate surface area is 83.5 Å². The summed E-state index contributed by atoms with van der Waals surface area (Å²) in [6.07, 6.45) is 1.07. The minimum absolute atomic E-state index is 0.767. The Morgan fingerprint density at radius 1 is 1.31 bits per heavy atom. The van der Waals surface area contributed by atoms with E-state index < -0.39 is 0 Å². The van der Waals surface area contributed by atoms with E-state index in [1.54, 1.807) is 7.11 Å². The summed E-state index contributed by atoms with van der Waals surface area (Å²) in [5.74, 6) is 1.99. The third-order valence-corrected chi connectivity index (χ3v) is 2.77. The van der Waals surface area contributed by atoms with Gasteiger partial charge in [0.15, 0.2) is 0 Å². The lowest BCUT2D eigenvalue weighted by Crippen LogP contribution is -1.99. The van der Waals surface area contributed by atoms with Gasteiger partial charge < -0.3 is 10.5 Å². The Kier molecular flexibility index (Phi) is 4.72. The van der Waals surface area contributed by atoms with E-state index >= 15 is 0 Å². The van der Waals surface area contributed by atoms with Crippen LogP contribution in [0.4, 0.5) is 0 Å². The second-order valence-corrected chi connectivity index (χ2v) is 3.83. The Morgan fingerprint density at radius 3 is 2.54 bits per heavy atom. The summed E-state index contributed by atoms with van der Waals surface area (Å²) in [5.41, 5.74) is 5.40. The molecule has 0 unspecified atom stereocenters. The van der Waals surface area contributed by atoms with Gasteiger partial charge in [-0.2, -0.15) is 0 Å². The smallest absolute Gasteiger partial charge is 0.118 e. The standard InChI is InChI=1S/C10H15NOS/c1-12-9-3-5-10(6-4-9)13-8-2-7-11/h3-6H,2,7-8,11H2,1H3. The molecule has 3 heteroatoms. The first kappa shape index (κ1) is 10.4. The molecule has 0 bridgehead atoms. The van der Waals surface area contributed by atoms with Gasteiger partial charge in [0.2, 0.25) is 0 Å². The van der Waals surface area contributed by atoms with Gasteiger partial charge in [-0.15, -0.1) is 11.8 Å². The molecule has 0 radical (unpaired) electrons. The fourth-order valence-electron chi connectivity index (χ4n) is 0.945. The Bertz CT molecular complexity index is 235. The van der Waals surface area contributed by atoms with Crippen LogP contribution in [0.1, 0.15) is 6.42 Å². The molecule has 0 saturated heterocycles. The molecule has 1 aromatic carbocycles. The normalized spacial score (nSPS) is 10.0. The van der Waals surface area contributed by atoms with E-state index in [0.29, 0.717) is 0 Å². The summed E-state index contributed by atoms with van der Waals surface area (Å²) in [7, 11) is 1.68. The summed E-state index contributed by atoms with van der Waals surface area (Å²) in [6, 6.07) is 8.09. The Balaban J connectivity index is 2.40. The first-order valence-corrected chi connectivity index (χ1v) is 5.32. The monoisotopic (exact) mass is 197 g/mol. The van der Waals surface area contributed by atoms with Crippen LogP contribution in [0, 0.1) is 0 Å². The molecular weight excluding hydrogens is 182 g/mol. The molecule has 1 rings (SSSR count). The Hall–Kier alpha value is -0.670. The molecule has 0 aliphatic carbocycles. The van der Waals surface area contributed by atoms with Crippen molar-refractivity contribution in [2.24, 2.45) is 5.73 Å². The quantitative estimate of drug-likeness (QED) is 0.580. The molecule has 0 heterocycles. The second kappa shape index (κ2) is 5.89. The maximum Gasteiger partial charge on any atom is 0.118 e. The van der Waals surface area contributed by atoms with Crippen LogP contribution in [0.15, 0.2) is 29.2 Å². The lowest BCUT2D eigenvalue weighted by molar-refractivity contribution is 0.414. The molecule has 0 fully saturated rings. The minimum atomic E-state index is 0.767. The van der Waals surface area contributed by atoms with Crippen molar-refractivity contribution >= 4 is 11.8 Å². The maximum atomic E-state index is 5.40. The molecule has 0 saturated carbocycles. The van der Waals surface area contributed by atoms with Crippen LogP contribution < -0.4 is 10.5 Å². The van der Waals surface area contributed by atoms with Gasteiger partial charge in [-0.1, -0.05) is 0 Å². The van der Waals surface area contributed by atoms with Crippen LogP contribution >= 0.6 is 11.8 Å². The van der Waals surface area contributed by atoms with Gasteiger partial charge in [0, 0.05) is 4.90 Å². The molecule has 0 aliphatic heterocycles. The van der Waals surface area contributed by atoms with Crippen molar-refractivity contribution in [3.8, 4) is 5.75 Å². The number of benzene rings is 1. The van der Waals surface area contributed by atoms with Crippen LogP contribution in [0.3, 0.4) is 0 Å². The molecule has 13 heavy (non-hydrogen) atoms. The first-order chi connectivity index (χ1) is 6.36. The number of nitrogens with two attached hydrogens (primary N) is 1. The minimum Gasteiger partial charge on any atom is -0.497 e. The number of hydrogen-bond acceptors (Lipinski definition) is 3. The van der Waals surface area contributed by atoms with Crippen LogP contribution in [-0.4, -0.2) is 19.4 Å². The largest absolute Gasteiger partial charge is 0.497 e. The Morgan fingerprint density at radius 2 is 2.00 bits per heavy atom. The first-order valence-electron chi connectivity index (χ1n) is 4.33. The van der Waals surface area contributed by atoms with Crippen molar-refractivity contribution in [1.29, 1.82) is 0 Å². The summed E-state index contributed by atoms with van der Waals surface area (Å²) < 4.78 is 5.07. The lowest BCUT2D eigenvalue weighted by Gasteiger charge is -2.02. The van der Waals surface area contributed by atoms with Crippen LogP contribution in [0.25, 0.3) is 0 Å². The highest BCUT2D eigenvalue weighted by molar-refractivity contribution is 7.99. The van der Waals surface area contributed by atoms with E-state index in [0.717, 1.165) is 24.5 Å². The van der Waals surface area contributed by atoms with Gasteiger partial charge in [0.05, 0.1) is 7.11 Å². The van der Waals surface area contributed by atoms with Crippen molar-refractivity contribution in [1.82, 2.24) is 0 Å². The SMILES string of the molecule is COc1ccc(SCCCN)cc1. The summed E-state index contributed by atoms with van der Waals surface area (Å²) in [5, 5.41) is 0. The third kappa shape index (κ3) is 3.70. The van der Waals surface area contributed by atoms with Gasteiger partial charge in [-0.05, 0) is 43.0 Å². The van der Waals surface area contributed by atoms with Crippen molar-refractivity contribution in [3.05, 3.63) is 24.3 Å². The van der Waals surface area contributed by atoms with Crippen LogP contribution in [-0.2, 0) is 0 Å². The second-order valence-electron chi connectivity index (χ2n) is 2.67. The summed E-state index contributed by atoms with van der Waals surface area (Å²) >= 11 is 1.83. The van der Waals surface area contributed by atoms with Gasteiger partial charge in [0.25, 0.3) is 0 Å². The molecule has 2 N–H and O–H groups in total. The average molecular weight is 197 g/mol. The lowest BCUT2D eigenvalue weighted by atomic mass is 10.3. The average Bonchev–Trinajstić information content (AvgIpc) is 2.19. The van der Waals surface area contributed by atoms with Crippen LogP contribution in [0.5, 0.6) is 5.75 Å². The molecule has 2 nitrogen and oxygen atoms in total. The highest BCUT2D eigenvalue weighted by Gasteiger charge is 1.94. The fraction of sp³-hybridized carbons (Fsp3) is 0.400. The summed E-state index contributed by atoms with van der Waals surface area (Å²) in [4.78, 5) is 1.27. The molecular formula is C10H15NOS. The van der Waals surface area contributed by atoms with Gasteiger partial charge in [0.1, 0.15) is 5.75 Å². The third-order valence-electron chi connectivity index (χ3n) is 1.68. The van der Waals surface area contributed by atoms with E-state index in [1.807, 2.05) is 23.9 Å². The van der Waals surface area contributed by atoms with Crippen molar-refractivity contribution in [2.45, 2.75) is 11.3 Å². The number of rotatable bonds is 5. The molecule has 0 amide bonds. The number of methoxy groups -OCH3 is 1. The highest BCUT2D eigenvalue weighted by atomic mass is 32.2. The van der Waals surface area contributed by atoms with Gasteiger partial charge >= 0.3 is 0 Å². The topological polar surface area (TPSA) is 35.2 Å². The molecule has 0 spiro atoms.